The van der Waals surface area contributed by atoms with E-state index >= 15 is 0 Å². The van der Waals surface area contributed by atoms with Gasteiger partial charge in [-0.25, -0.2) is 13.8 Å². The van der Waals surface area contributed by atoms with Crippen LogP contribution in [0.2, 0.25) is 0 Å². The lowest BCUT2D eigenvalue weighted by Gasteiger charge is -2.28. The molecule has 2 aromatic carbocycles. The maximum absolute atomic E-state index is 13.5. The molecule has 0 N–H and O–H groups in total. The molecule has 0 aliphatic carbocycles. The van der Waals surface area contributed by atoms with Crippen LogP contribution < -0.4 is 4.90 Å². The molecule has 0 atom stereocenters. The van der Waals surface area contributed by atoms with Crippen LogP contribution in [0.5, 0.6) is 0 Å². The summed E-state index contributed by atoms with van der Waals surface area (Å²) in [6, 6.07) is 12.4. The number of hydrogen-bond acceptors (Lipinski definition) is 5. The highest BCUT2D eigenvalue weighted by atomic mass is 19.1. The Morgan fingerprint density at radius 2 is 1.38 bits per heavy atom. The monoisotopic (exact) mass is 441 g/mol. The summed E-state index contributed by atoms with van der Waals surface area (Å²) in [4.78, 5) is 11.7. The molecule has 0 fully saturated rings. The summed E-state index contributed by atoms with van der Waals surface area (Å²) < 4.78 is 37.9. The van der Waals surface area contributed by atoms with Crippen LogP contribution in [-0.2, 0) is 9.47 Å². The van der Waals surface area contributed by atoms with Crippen molar-refractivity contribution < 1.29 is 18.3 Å². The first kappa shape index (κ1) is 23.8. The fraction of sp³-hybridized carbons (Fsp3) is 0.360. The lowest BCUT2D eigenvalue weighted by atomic mass is 10.0. The first-order chi connectivity index (χ1) is 15.5. The van der Waals surface area contributed by atoms with Crippen LogP contribution in [0.25, 0.3) is 22.5 Å². The van der Waals surface area contributed by atoms with E-state index in [0.717, 1.165) is 11.1 Å². The summed E-state index contributed by atoms with van der Waals surface area (Å²) in [6.45, 7) is 9.04. The average molecular weight is 442 g/mol. The minimum Gasteiger partial charge on any atom is -0.379 e. The molecule has 32 heavy (non-hydrogen) atoms. The molecule has 0 amide bonds. The average Bonchev–Trinajstić information content (AvgIpc) is 2.79. The van der Waals surface area contributed by atoms with Gasteiger partial charge in [0, 0.05) is 30.3 Å². The molecule has 0 radical (unpaired) electrons. The number of halogens is 2. The minimum atomic E-state index is -0.325. The summed E-state index contributed by atoms with van der Waals surface area (Å²) in [5.74, 6) is 0.0461. The highest BCUT2D eigenvalue weighted by Gasteiger charge is 2.18. The smallest absolute Gasteiger partial charge is 0.148 e. The number of benzene rings is 2. The molecule has 3 aromatic rings. The number of nitrogens with zero attached hydrogens (tertiary/aromatic N) is 3. The highest BCUT2D eigenvalue weighted by Crippen LogP contribution is 2.31. The van der Waals surface area contributed by atoms with Crippen molar-refractivity contribution in [1.82, 2.24) is 9.97 Å². The predicted octanol–water partition coefficient (Wildman–Crippen LogP) is 5.36. The van der Waals surface area contributed by atoms with E-state index in [2.05, 4.69) is 23.7 Å². The van der Waals surface area contributed by atoms with Gasteiger partial charge in [-0.3, -0.25) is 4.98 Å². The van der Waals surface area contributed by atoms with Gasteiger partial charge in [-0.1, -0.05) is 0 Å². The van der Waals surface area contributed by atoms with E-state index in [9.17, 15) is 8.78 Å². The van der Waals surface area contributed by atoms with E-state index in [-0.39, 0.29) is 17.7 Å². The summed E-state index contributed by atoms with van der Waals surface area (Å²) in [5, 5.41) is 0. The zero-order chi connectivity index (χ0) is 22.9. The quantitative estimate of drug-likeness (QED) is 0.375. The Morgan fingerprint density at radius 1 is 0.812 bits per heavy atom. The molecule has 0 bridgehead atoms. The number of hydrogen-bond donors (Lipinski definition) is 0. The standard InChI is InChI=1S/C25H29F2N3O2/c1-4-31-15-16-32-14-13-30(18(2)3)23-17-28-24(19-5-9-21(26)10-6-19)25(29-23)20-7-11-22(27)12-8-20/h5-12,17-18H,4,13-16H2,1-3H3. The van der Waals surface area contributed by atoms with Crippen LogP contribution in [0.15, 0.2) is 54.7 Å². The SMILES string of the molecule is CCOCCOCCN(c1cnc(-c2ccc(F)cc2)c(-c2ccc(F)cc2)n1)C(C)C. The summed E-state index contributed by atoms with van der Waals surface area (Å²) >= 11 is 0. The third-order valence-electron chi connectivity index (χ3n) is 4.97. The molecular weight excluding hydrogens is 412 g/mol. The fourth-order valence-corrected chi connectivity index (χ4v) is 3.31. The Hall–Kier alpha value is -2.90. The Morgan fingerprint density at radius 3 is 1.94 bits per heavy atom. The molecule has 7 heteroatoms. The summed E-state index contributed by atoms with van der Waals surface area (Å²) in [5.41, 5.74) is 2.69. The van der Waals surface area contributed by atoms with Gasteiger partial charge in [-0.15, -0.1) is 0 Å². The summed E-state index contributed by atoms with van der Waals surface area (Å²) in [6.07, 6.45) is 1.71. The predicted molar refractivity (Wildman–Crippen MR) is 123 cm³/mol. The second-order valence-electron chi connectivity index (χ2n) is 7.54. The minimum absolute atomic E-state index is 0.164. The van der Waals surface area contributed by atoms with Crippen LogP contribution in [0.1, 0.15) is 20.8 Å². The Bertz CT molecular complexity index is 979. The van der Waals surface area contributed by atoms with Crippen molar-refractivity contribution in [3.63, 3.8) is 0 Å². The molecule has 0 saturated carbocycles. The Kier molecular flexibility index (Phi) is 8.64. The second-order valence-corrected chi connectivity index (χ2v) is 7.54. The number of ether oxygens (including phenoxy) is 2. The van der Waals surface area contributed by atoms with E-state index < -0.39 is 0 Å². The molecule has 170 valence electrons. The zero-order valence-corrected chi connectivity index (χ0v) is 18.7. The number of aromatic nitrogens is 2. The Labute approximate surface area is 188 Å². The van der Waals surface area contributed by atoms with Crippen LogP contribution >= 0.6 is 0 Å². The van der Waals surface area contributed by atoms with E-state index in [4.69, 9.17) is 14.5 Å². The van der Waals surface area contributed by atoms with Crippen LogP contribution in [-0.4, -0.2) is 49.0 Å². The van der Waals surface area contributed by atoms with Gasteiger partial charge in [-0.2, -0.15) is 0 Å². The molecule has 1 aromatic heterocycles. The van der Waals surface area contributed by atoms with E-state index in [0.29, 0.717) is 50.2 Å². The van der Waals surface area contributed by atoms with Crippen molar-refractivity contribution in [2.24, 2.45) is 0 Å². The van der Waals surface area contributed by atoms with Crippen molar-refractivity contribution in [3.05, 3.63) is 66.4 Å². The molecule has 0 unspecified atom stereocenters. The molecule has 0 aliphatic heterocycles. The first-order valence-electron chi connectivity index (χ1n) is 10.8. The van der Waals surface area contributed by atoms with Crippen LogP contribution in [0, 0.1) is 11.6 Å². The normalized spacial score (nSPS) is 11.2. The van der Waals surface area contributed by atoms with Gasteiger partial charge in [0.2, 0.25) is 0 Å². The molecule has 0 aliphatic rings. The largest absolute Gasteiger partial charge is 0.379 e. The second kappa shape index (κ2) is 11.6. The van der Waals surface area contributed by atoms with Crippen molar-refractivity contribution in [3.8, 4) is 22.5 Å². The third-order valence-corrected chi connectivity index (χ3v) is 4.97. The van der Waals surface area contributed by atoms with Crippen molar-refractivity contribution in [2.45, 2.75) is 26.8 Å². The zero-order valence-electron chi connectivity index (χ0n) is 18.7. The van der Waals surface area contributed by atoms with E-state index in [1.54, 1.807) is 30.5 Å². The maximum atomic E-state index is 13.5. The molecule has 0 saturated heterocycles. The van der Waals surface area contributed by atoms with E-state index in [1.807, 2.05) is 6.92 Å². The third kappa shape index (κ3) is 6.31. The van der Waals surface area contributed by atoms with Crippen LogP contribution in [0.3, 0.4) is 0 Å². The number of anilines is 1. The fourth-order valence-electron chi connectivity index (χ4n) is 3.31. The van der Waals surface area contributed by atoms with Crippen LogP contribution in [0.4, 0.5) is 14.6 Å². The van der Waals surface area contributed by atoms with Gasteiger partial charge in [0.05, 0.1) is 37.4 Å². The van der Waals surface area contributed by atoms with Gasteiger partial charge in [0.25, 0.3) is 0 Å². The highest BCUT2D eigenvalue weighted by molar-refractivity contribution is 5.78. The van der Waals surface area contributed by atoms with Gasteiger partial charge < -0.3 is 14.4 Å². The van der Waals surface area contributed by atoms with Gasteiger partial charge >= 0.3 is 0 Å². The van der Waals surface area contributed by atoms with Gasteiger partial charge in [-0.05, 0) is 69.3 Å². The molecule has 0 spiro atoms. The van der Waals surface area contributed by atoms with Crippen molar-refractivity contribution >= 4 is 5.82 Å². The molecular formula is C25H29F2N3O2. The maximum Gasteiger partial charge on any atom is 0.148 e. The lowest BCUT2D eigenvalue weighted by Crippen LogP contribution is -2.35. The first-order valence-corrected chi connectivity index (χ1v) is 10.8. The molecule has 3 rings (SSSR count). The number of rotatable bonds is 11. The van der Waals surface area contributed by atoms with Gasteiger partial charge in [0.15, 0.2) is 0 Å². The Balaban J connectivity index is 1.91. The van der Waals surface area contributed by atoms with Crippen molar-refractivity contribution in [2.75, 3.05) is 37.9 Å². The lowest BCUT2D eigenvalue weighted by molar-refractivity contribution is 0.0552. The van der Waals surface area contributed by atoms with Gasteiger partial charge in [0.1, 0.15) is 17.5 Å². The summed E-state index contributed by atoms with van der Waals surface area (Å²) in [7, 11) is 0. The topological polar surface area (TPSA) is 47.5 Å². The molecule has 1 heterocycles. The van der Waals surface area contributed by atoms with Crippen molar-refractivity contribution in [1.29, 1.82) is 0 Å². The molecule has 5 nitrogen and oxygen atoms in total. The van der Waals surface area contributed by atoms with E-state index in [1.165, 1.54) is 24.3 Å².